The van der Waals surface area contributed by atoms with Crippen molar-refractivity contribution in [1.29, 1.82) is 0 Å². The number of sulfone groups is 1. The van der Waals surface area contributed by atoms with Crippen molar-refractivity contribution >= 4 is 20.7 Å². The normalized spacial score (nSPS) is 11.9. The molecule has 0 aliphatic carbocycles. The monoisotopic (exact) mass is 430 g/mol. The molecule has 0 aliphatic rings. The summed E-state index contributed by atoms with van der Waals surface area (Å²) in [7, 11) is -3.72. The first kappa shape index (κ1) is 20.2. The highest BCUT2D eigenvalue weighted by atomic mass is 32.2. The number of pyridine rings is 1. The first-order chi connectivity index (χ1) is 14.3. The van der Waals surface area contributed by atoms with E-state index >= 15 is 0 Å². The van der Waals surface area contributed by atoms with Crippen LogP contribution in [0.5, 0.6) is 0 Å². The van der Waals surface area contributed by atoms with Crippen LogP contribution >= 0.6 is 0 Å². The molecule has 4 rings (SSSR count). The Balaban J connectivity index is 1.83. The van der Waals surface area contributed by atoms with Crippen LogP contribution in [0.25, 0.3) is 22.0 Å². The third kappa shape index (κ3) is 3.70. The molecule has 0 N–H and O–H groups in total. The maximum absolute atomic E-state index is 14.5. The van der Waals surface area contributed by atoms with Gasteiger partial charge in [-0.2, -0.15) is 4.39 Å². The average molecular weight is 430 g/mol. The molecule has 0 radical (unpaired) electrons. The zero-order valence-electron chi connectivity index (χ0n) is 15.9. The fraction of sp³-hybridized carbons (Fsp3) is 0.136. The van der Waals surface area contributed by atoms with Gasteiger partial charge in [-0.1, -0.05) is 25.1 Å². The third-order valence-corrected chi connectivity index (χ3v) is 6.66. The van der Waals surface area contributed by atoms with Crippen LogP contribution in [-0.2, 0) is 16.4 Å². The first-order valence-corrected chi connectivity index (χ1v) is 10.8. The second kappa shape index (κ2) is 7.60. The molecular formula is C22H17F3N2O2S. The second-order valence-electron chi connectivity index (χ2n) is 6.87. The smallest absolute Gasteiger partial charge is 0.213 e. The minimum Gasteiger partial charge on any atom is -0.342 e. The summed E-state index contributed by atoms with van der Waals surface area (Å²) in [6.45, 7) is 1.65. The molecule has 2 aromatic carbocycles. The minimum atomic E-state index is -3.72. The zero-order valence-corrected chi connectivity index (χ0v) is 16.8. The van der Waals surface area contributed by atoms with Crippen LogP contribution in [0.2, 0.25) is 0 Å². The fourth-order valence-electron chi connectivity index (χ4n) is 3.46. The van der Waals surface area contributed by atoms with Gasteiger partial charge in [-0.25, -0.2) is 22.2 Å². The topological polar surface area (TPSA) is 52.0 Å². The largest absolute Gasteiger partial charge is 0.342 e. The van der Waals surface area contributed by atoms with E-state index in [2.05, 4.69) is 4.98 Å². The molecule has 0 aliphatic heterocycles. The maximum atomic E-state index is 14.5. The van der Waals surface area contributed by atoms with Crippen LogP contribution in [0.3, 0.4) is 0 Å². The number of nitrogens with zero attached hydrogens (tertiary/aromatic N) is 2. The van der Waals surface area contributed by atoms with Gasteiger partial charge in [-0.05, 0) is 34.9 Å². The molecule has 8 heteroatoms. The van der Waals surface area contributed by atoms with Crippen molar-refractivity contribution in [3.05, 3.63) is 84.1 Å². The highest BCUT2D eigenvalue weighted by molar-refractivity contribution is 7.91. The zero-order chi connectivity index (χ0) is 21.5. The molecule has 0 bridgehead atoms. The molecular weight excluding hydrogens is 413 g/mol. The van der Waals surface area contributed by atoms with E-state index in [0.717, 1.165) is 17.2 Å². The number of fused-ring (bicyclic) bond motifs is 1. The predicted octanol–water partition coefficient (Wildman–Crippen LogP) is 4.96. The van der Waals surface area contributed by atoms with E-state index in [4.69, 9.17) is 0 Å². The summed E-state index contributed by atoms with van der Waals surface area (Å²) in [6.07, 6.45) is 2.70. The van der Waals surface area contributed by atoms with Gasteiger partial charge in [0.25, 0.3) is 0 Å². The van der Waals surface area contributed by atoms with E-state index < -0.39 is 27.4 Å². The Morgan fingerprint density at radius 1 is 1.00 bits per heavy atom. The van der Waals surface area contributed by atoms with Gasteiger partial charge in [-0.15, -0.1) is 0 Å². The van der Waals surface area contributed by atoms with Gasteiger partial charge in [0.05, 0.1) is 21.6 Å². The Labute approximate surface area is 171 Å². The lowest BCUT2D eigenvalue weighted by molar-refractivity contribution is 0.584. The molecule has 2 aromatic heterocycles. The number of aromatic nitrogens is 2. The Kier molecular flexibility index (Phi) is 5.11. The summed E-state index contributed by atoms with van der Waals surface area (Å²) in [5.41, 5.74) is 2.28. The van der Waals surface area contributed by atoms with E-state index in [9.17, 15) is 21.6 Å². The molecule has 30 heavy (non-hydrogen) atoms. The van der Waals surface area contributed by atoms with Crippen LogP contribution < -0.4 is 0 Å². The Morgan fingerprint density at radius 2 is 1.77 bits per heavy atom. The summed E-state index contributed by atoms with van der Waals surface area (Å²) in [5.74, 6) is -2.52. The average Bonchev–Trinajstić information content (AvgIpc) is 3.07. The molecule has 0 spiro atoms. The SMILES string of the molecule is CCS(=O)(=O)c1cn(Cc2cccc(-c3ccnc(F)c3)c2)c2cc(F)cc(F)c12. The fourth-order valence-corrected chi connectivity index (χ4v) is 4.57. The number of benzene rings is 2. The highest BCUT2D eigenvalue weighted by Crippen LogP contribution is 2.31. The molecule has 0 saturated carbocycles. The first-order valence-electron chi connectivity index (χ1n) is 9.20. The van der Waals surface area contributed by atoms with E-state index in [0.29, 0.717) is 11.6 Å². The van der Waals surface area contributed by atoms with Gasteiger partial charge in [0.15, 0.2) is 9.84 Å². The van der Waals surface area contributed by atoms with Crippen molar-refractivity contribution in [2.75, 3.05) is 5.75 Å². The van der Waals surface area contributed by atoms with Crippen LogP contribution in [-0.4, -0.2) is 23.7 Å². The van der Waals surface area contributed by atoms with Crippen molar-refractivity contribution < 1.29 is 21.6 Å². The lowest BCUT2D eigenvalue weighted by Crippen LogP contribution is -2.03. The summed E-state index contributed by atoms with van der Waals surface area (Å²) >= 11 is 0. The van der Waals surface area contributed by atoms with Crippen LogP contribution in [0.15, 0.2) is 65.8 Å². The third-order valence-electron chi connectivity index (χ3n) is 4.92. The standard InChI is InChI=1S/C22H17F3N2O2S/c1-2-30(28,29)20-13-27(19-11-17(23)10-18(24)22(19)20)12-14-4-3-5-15(8-14)16-6-7-26-21(25)9-16/h3-11,13H,2,12H2,1H3. The van der Waals surface area contributed by atoms with Crippen LogP contribution in [0.1, 0.15) is 12.5 Å². The van der Waals surface area contributed by atoms with Gasteiger partial charge in [0.1, 0.15) is 11.6 Å². The summed E-state index contributed by atoms with van der Waals surface area (Å²) in [4.78, 5) is 3.38. The van der Waals surface area contributed by atoms with Crippen LogP contribution in [0.4, 0.5) is 13.2 Å². The molecule has 2 heterocycles. The molecule has 0 amide bonds. The Hall–Kier alpha value is -3.13. The number of hydrogen-bond acceptors (Lipinski definition) is 3. The number of hydrogen-bond donors (Lipinski definition) is 0. The molecule has 154 valence electrons. The number of halogens is 3. The van der Waals surface area contributed by atoms with Crippen molar-refractivity contribution in [1.82, 2.24) is 9.55 Å². The van der Waals surface area contributed by atoms with Gasteiger partial charge in [0, 0.05) is 31.1 Å². The molecule has 4 nitrogen and oxygen atoms in total. The van der Waals surface area contributed by atoms with Crippen molar-refractivity contribution in [2.45, 2.75) is 18.4 Å². The summed E-state index contributed by atoms with van der Waals surface area (Å²) < 4.78 is 68.3. The van der Waals surface area contributed by atoms with E-state index in [1.54, 1.807) is 24.3 Å². The van der Waals surface area contributed by atoms with Crippen molar-refractivity contribution in [2.24, 2.45) is 0 Å². The van der Waals surface area contributed by atoms with E-state index in [-0.39, 0.29) is 28.1 Å². The summed E-state index contributed by atoms with van der Waals surface area (Å²) in [5, 5.41) is -0.120. The Bertz CT molecular complexity index is 1360. The van der Waals surface area contributed by atoms with E-state index in [1.807, 2.05) is 6.07 Å². The predicted molar refractivity (Wildman–Crippen MR) is 108 cm³/mol. The van der Waals surface area contributed by atoms with Crippen molar-refractivity contribution in [3.8, 4) is 11.1 Å². The lowest BCUT2D eigenvalue weighted by Gasteiger charge is -2.08. The van der Waals surface area contributed by atoms with Crippen LogP contribution in [0, 0.1) is 17.6 Å². The lowest BCUT2D eigenvalue weighted by atomic mass is 10.0. The molecule has 0 saturated heterocycles. The van der Waals surface area contributed by atoms with Crippen molar-refractivity contribution in [3.63, 3.8) is 0 Å². The second-order valence-corrected chi connectivity index (χ2v) is 9.12. The molecule has 0 unspecified atom stereocenters. The summed E-state index contributed by atoms with van der Waals surface area (Å²) in [6, 6.07) is 12.0. The quantitative estimate of drug-likeness (QED) is 0.421. The van der Waals surface area contributed by atoms with Gasteiger partial charge >= 0.3 is 0 Å². The Morgan fingerprint density at radius 3 is 2.50 bits per heavy atom. The van der Waals surface area contributed by atoms with Gasteiger partial charge in [0.2, 0.25) is 5.95 Å². The van der Waals surface area contributed by atoms with Gasteiger partial charge < -0.3 is 4.57 Å². The highest BCUT2D eigenvalue weighted by Gasteiger charge is 2.23. The molecule has 0 fully saturated rings. The minimum absolute atomic E-state index is 0.120. The number of rotatable bonds is 5. The maximum Gasteiger partial charge on any atom is 0.213 e. The molecule has 4 aromatic rings. The van der Waals surface area contributed by atoms with Gasteiger partial charge in [-0.3, -0.25) is 0 Å². The molecule has 0 atom stereocenters. The van der Waals surface area contributed by atoms with E-state index in [1.165, 1.54) is 30.0 Å².